The predicted octanol–water partition coefficient (Wildman–Crippen LogP) is 2.03. The minimum atomic E-state index is -0.370. The van der Waals surface area contributed by atoms with Crippen LogP contribution in [0.3, 0.4) is 0 Å². The second-order valence-corrected chi connectivity index (χ2v) is 10.4. The molecule has 0 bridgehead atoms. The molecular weight excluding hydrogens is 522 g/mol. The van der Waals surface area contributed by atoms with Gasteiger partial charge in [0, 0.05) is 37.8 Å². The number of carbonyl (C=O) groups is 3. The average Bonchev–Trinajstić information content (AvgIpc) is 2.94. The molecule has 4 rings (SSSR count). The molecule has 1 unspecified atom stereocenters. The zero-order valence-electron chi connectivity index (χ0n) is 22.2. The smallest absolute Gasteiger partial charge is 0.257 e. The number of rotatable bonds is 9. The number of methoxy groups -OCH3 is 1. The van der Waals surface area contributed by atoms with Gasteiger partial charge in [-0.25, -0.2) is 0 Å². The van der Waals surface area contributed by atoms with E-state index in [4.69, 9.17) is 26.8 Å². The Bertz CT molecular complexity index is 1160. The summed E-state index contributed by atoms with van der Waals surface area (Å²) < 4.78 is 11.2. The zero-order valence-corrected chi connectivity index (χ0v) is 22.9. The maximum Gasteiger partial charge on any atom is 0.257 e. The van der Waals surface area contributed by atoms with Gasteiger partial charge in [-0.3, -0.25) is 29.5 Å². The summed E-state index contributed by atoms with van der Waals surface area (Å²) >= 11 is 6.10. The first-order valence-corrected chi connectivity index (χ1v) is 13.6. The summed E-state index contributed by atoms with van der Waals surface area (Å²) in [7, 11) is 1.48. The highest BCUT2D eigenvalue weighted by atomic mass is 35.5. The summed E-state index contributed by atoms with van der Waals surface area (Å²) in [6, 6.07) is 11.8. The Labute approximate surface area is 233 Å². The molecule has 2 aliphatic rings. The fourth-order valence-electron chi connectivity index (χ4n) is 5.01. The Hall–Kier alpha value is -3.18. The number of nitrogen functional groups attached to an aromatic ring is 1. The Balaban J connectivity index is 1.17. The third kappa shape index (κ3) is 8.15. The molecule has 3 amide bonds. The van der Waals surface area contributed by atoms with E-state index in [1.165, 1.54) is 19.2 Å². The lowest BCUT2D eigenvalue weighted by Crippen LogP contribution is -2.50. The molecule has 0 saturated carbocycles. The second-order valence-electron chi connectivity index (χ2n) is 10.00. The normalized spacial score (nSPS) is 18.9. The predicted molar refractivity (Wildman–Crippen MR) is 149 cm³/mol. The molecular formula is C28H36ClN5O5. The van der Waals surface area contributed by atoms with Crippen LogP contribution in [0.15, 0.2) is 42.5 Å². The van der Waals surface area contributed by atoms with Crippen LogP contribution in [0.5, 0.6) is 5.75 Å². The van der Waals surface area contributed by atoms with E-state index < -0.39 is 0 Å². The van der Waals surface area contributed by atoms with Crippen molar-refractivity contribution in [2.45, 2.75) is 18.9 Å². The monoisotopic (exact) mass is 557 g/mol. The van der Waals surface area contributed by atoms with Crippen molar-refractivity contribution in [3.63, 3.8) is 0 Å². The maximum atomic E-state index is 12.8. The average molecular weight is 558 g/mol. The SMILES string of the molecule is COc1cc(N)c(Cl)cc1C(=O)NCC1CN(CC2CCN(CC(=O)NC(=O)c3ccccc3)CC2)CCO1. The summed E-state index contributed by atoms with van der Waals surface area (Å²) in [4.78, 5) is 41.8. The van der Waals surface area contributed by atoms with E-state index in [1.54, 1.807) is 24.3 Å². The molecule has 210 valence electrons. The van der Waals surface area contributed by atoms with E-state index in [-0.39, 0.29) is 30.4 Å². The van der Waals surface area contributed by atoms with Gasteiger partial charge in [-0.1, -0.05) is 29.8 Å². The van der Waals surface area contributed by atoms with E-state index in [9.17, 15) is 14.4 Å². The van der Waals surface area contributed by atoms with Crippen molar-refractivity contribution in [2.24, 2.45) is 5.92 Å². The molecule has 2 saturated heterocycles. The first-order valence-electron chi connectivity index (χ1n) is 13.2. The number of ether oxygens (including phenoxy) is 2. The van der Waals surface area contributed by atoms with Crippen LogP contribution >= 0.6 is 11.6 Å². The van der Waals surface area contributed by atoms with Gasteiger partial charge in [0.2, 0.25) is 5.91 Å². The largest absolute Gasteiger partial charge is 0.496 e. The van der Waals surface area contributed by atoms with E-state index in [1.807, 2.05) is 6.07 Å². The number of anilines is 1. The highest BCUT2D eigenvalue weighted by Crippen LogP contribution is 2.28. The number of nitrogens with two attached hydrogens (primary N) is 1. The van der Waals surface area contributed by atoms with Crippen molar-refractivity contribution in [1.82, 2.24) is 20.4 Å². The van der Waals surface area contributed by atoms with Crippen LogP contribution in [0, 0.1) is 5.92 Å². The number of amides is 3. The Morgan fingerprint density at radius 1 is 1.08 bits per heavy atom. The van der Waals surface area contributed by atoms with Gasteiger partial charge in [0.05, 0.1) is 42.6 Å². The van der Waals surface area contributed by atoms with Crippen molar-refractivity contribution >= 4 is 35.0 Å². The van der Waals surface area contributed by atoms with Gasteiger partial charge in [-0.15, -0.1) is 0 Å². The molecule has 0 aromatic heterocycles. The van der Waals surface area contributed by atoms with Gasteiger partial charge >= 0.3 is 0 Å². The van der Waals surface area contributed by atoms with Crippen LogP contribution in [-0.2, 0) is 9.53 Å². The summed E-state index contributed by atoms with van der Waals surface area (Å²) in [5.41, 5.74) is 6.97. The Kier molecular flexibility index (Phi) is 10.2. The Morgan fingerprint density at radius 2 is 1.82 bits per heavy atom. The lowest BCUT2D eigenvalue weighted by atomic mass is 9.96. The van der Waals surface area contributed by atoms with Crippen molar-refractivity contribution < 1.29 is 23.9 Å². The number of nitrogens with one attached hydrogen (secondary N) is 2. The number of nitrogens with zero attached hydrogens (tertiary/aromatic N) is 2. The Morgan fingerprint density at radius 3 is 2.54 bits per heavy atom. The number of benzene rings is 2. The summed E-state index contributed by atoms with van der Waals surface area (Å²) in [6.45, 7) is 5.33. The van der Waals surface area contributed by atoms with E-state index >= 15 is 0 Å². The molecule has 4 N–H and O–H groups in total. The number of carbonyl (C=O) groups excluding carboxylic acids is 3. The number of hydrogen-bond donors (Lipinski definition) is 3. The molecule has 2 heterocycles. The molecule has 10 nitrogen and oxygen atoms in total. The first-order chi connectivity index (χ1) is 18.8. The molecule has 11 heteroatoms. The third-order valence-electron chi connectivity index (χ3n) is 7.16. The fraction of sp³-hybridized carbons (Fsp3) is 0.464. The molecule has 2 aliphatic heterocycles. The molecule has 39 heavy (non-hydrogen) atoms. The number of morpholine rings is 1. The second kappa shape index (κ2) is 13.7. The molecule has 2 fully saturated rings. The van der Waals surface area contributed by atoms with Gasteiger partial charge in [0.1, 0.15) is 5.75 Å². The van der Waals surface area contributed by atoms with E-state index in [2.05, 4.69) is 20.4 Å². The van der Waals surface area contributed by atoms with Crippen molar-refractivity contribution in [3.05, 3.63) is 58.6 Å². The minimum absolute atomic E-state index is 0.121. The van der Waals surface area contributed by atoms with Gasteiger partial charge < -0.3 is 20.5 Å². The van der Waals surface area contributed by atoms with Crippen LogP contribution in [-0.4, -0.2) is 93.2 Å². The molecule has 1 atom stereocenters. The lowest BCUT2D eigenvalue weighted by molar-refractivity contribution is -0.121. The zero-order chi connectivity index (χ0) is 27.8. The van der Waals surface area contributed by atoms with Crippen molar-refractivity contribution in [1.29, 1.82) is 0 Å². The molecule has 2 aromatic carbocycles. The minimum Gasteiger partial charge on any atom is -0.496 e. The van der Waals surface area contributed by atoms with Gasteiger partial charge in [-0.05, 0) is 50.0 Å². The topological polar surface area (TPSA) is 126 Å². The van der Waals surface area contributed by atoms with E-state index in [0.717, 1.165) is 45.6 Å². The lowest BCUT2D eigenvalue weighted by Gasteiger charge is -2.38. The maximum absolute atomic E-state index is 12.8. The highest BCUT2D eigenvalue weighted by molar-refractivity contribution is 6.33. The van der Waals surface area contributed by atoms with Gasteiger partial charge in [0.25, 0.3) is 11.8 Å². The fourth-order valence-corrected chi connectivity index (χ4v) is 5.17. The summed E-state index contributed by atoms with van der Waals surface area (Å²) in [5.74, 6) is -0.0578. The van der Waals surface area contributed by atoms with Crippen molar-refractivity contribution in [2.75, 3.05) is 65.3 Å². The number of imide groups is 1. The molecule has 0 radical (unpaired) electrons. The summed E-state index contributed by atoms with van der Waals surface area (Å²) in [5, 5.41) is 5.70. The standard InChI is InChI=1S/C28H36ClN5O5/c1-38-25-14-24(30)23(29)13-22(25)28(37)31-15-21-17-34(11-12-39-21)16-19-7-9-33(10-8-19)18-26(35)32-27(36)20-5-3-2-4-6-20/h2-6,13-14,19,21H,7-12,15-18,30H2,1H3,(H,31,37)(H,32,35,36). The first kappa shape index (κ1) is 28.8. The molecule has 0 spiro atoms. The highest BCUT2D eigenvalue weighted by Gasteiger charge is 2.27. The van der Waals surface area contributed by atoms with Crippen LogP contribution in [0.1, 0.15) is 33.6 Å². The van der Waals surface area contributed by atoms with E-state index in [0.29, 0.717) is 46.7 Å². The summed E-state index contributed by atoms with van der Waals surface area (Å²) in [6.07, 6.45) is 1.84. The molecule has 0 aliphatic carbocycles. The van der Waals surface area contributed by atoms with Gasteiger partial charge in [0.15, 0.2) is 0 Å². The number of piperidine rings is 1. The number of likely N-dealkylation sites (tertiary alicyclic amines) is 1. The third-order valence-corrected chi connectivity index (χ3v) is 7.48. The van der Waals surface area contributed by atoms with Crippen LogP contribution < -0.4 is 21.1 Å². The van der Waals surface area contributed by atoms with Crippen LogP contribution in [0.2, 0.25) is 5.02 Å². The number of hydrogen-bond acceptors (Lipinski definition) is 8. The van der Waals surface area contributed by atoms with Gasteiger partial charge in [-0.2, -0.15) is 0 Å². The van der Waals surface area contributed by atoms with Crippen LogP contribution in [0.4, 0.5) is 5.69 Å². The number of halogens is 1. The van der Waals surface area contributed by atoms with Crippen molar-refractivity contribution in [3.8, 4) is 5.75 Å². The van der Waals surface area contributed by atoms with Crippen LogP contribution in [0.25, 0.3) is 0 Å². The quantitative estimate of drug-likeness (QED) is 0.400. The molecule has 2 aromatic rings.